The lowest BCUT2D eigenvalue weighted by atomic mass is 9.97. The molecule has 6 heteroatoms. The maximum Gasteiger partial charge on any atom is 0.306 e. The fourth-order valence-electron chi connectivity index (χ4n) is 2.63. The summed E-state index contributed by atoms with van der Waals surface area (Å²) >= 11 is 0. The summed E-state index contributed by atoms with van der Waals surface area (Å²) in [5.41, 5.74) is 1.00. The molecule has 1 saturated heterocycles. The van der Waals surface area contributed by atoms with Gasteiger partial charge < -0.3 is 10.4 Å². The number of piperidine rings is 1. The molecule has 1 aliphatic rings. The van der Waals surface area contributed by atoms with Crippen molar-refractivity contribution in [2.45, 2.75) is 19.8 Å². The molecule has 0 aromatic heterocycles. The summed E-state index contributed by atoms with van der Waals surface area (Å²) in [6.45, 7) is 2.86. The van der Waals surface area contributed by atoms with Crippen LogP contribution in [0, 0.1) is 5.92 Å². The van der Waals surface area contributed by atoms with E-state index in [9.17, 15) is 14.4 Å². The maximum atomic E-state index is 12.1. The maximum absolute atomic E-state index is 12.1. The van der Waals surface area contributed by atoms with Crippen LogP contribution in [0.5, 0.6) is 0 Å². The standard InChI is InChI=1S/C16H20N2O4/c1-11(19)13-4-2-3-5-14(13)17-15(20)10-18-8-6-12(7-9-18)16(21)22/h2-5,12H,6-10H2,1H3,(H,17,20)(H,21,22). The van der Waals surface area contributed by atoms with Crippen LogP contribution in [0.25, 0.3) is 0 Å². The first-order valence-electron chi connectivity index (χ1n) is 7.32. The molecule has 2 rings (SSSR count). The molecule has 0 atom stereocenters. The molecule has 0 aliphatic carbocycles. The fraction of sp³-hybridized carbons (Fsp3) is 0.438. The number of likely N-dealkylation sites (tertiary alicyclic amines) is 1. The van der Waals surface area contributed by atoms with Crippen molar-refractivity contribution in [1.82, 2.24) is 4.90 Å². The predicted octanol–water partition coefficient (Wildman–Crippen LogP) is 1.62. The quantitative estimate of drug-likeness (QED) is 0.807. The van der Waals surface area contributed by atoms with Crippen LogP contribution in [0.4, 0.5) is 5.69 Å². The summed E-state index contributed by atoms with van der Waals surface area (Å²) < 4.78 is 0. The van der Waals surface area contributed by atoms with Crippen molar-refractivity contribution in [3.05, 3.63) is 29.8 Å². The van der Waals surface area contributed by atoms with Gasteiger partial charge >= 0.3 is 5.97 Å². The third-order valence-electron chi connectivity index (χ3n) is 3.88. The first kappa shape index (κ1) is 16.2. The van der Waals surface area contributed by atoms with Gasteiger partial charge in [0.15, 0.2) is 5.78 Å². The van der Waals surface area contributed by atoms with Crippen molar-refractivity contribution in [2.24, 2.45) is 5.92 Å². The van der Waals surface area contributed by atoms with Crippen LogP contribution in [0.1, 0.15) is 30.1 Å². The van der Waals surface area contributed by atoms with Gasteiger partial charge in [-0.05, 0) is 45.0 Å². The average molecular weight is 304 g/mol. The Morgan fingerprint density at radius 1 is 1.23 bits per heavy atom. The summed E-state index contributed by atoms with van der Waals surface area (Å²) in [4.78, 5) is 36.4. The number of benzene rings is 1. The Kier molecular flexibility index (Phi) is 5.27. The molecular formula is C16H20N2O4. The zero-order chi connectivity index (χ0) is 16.1. The fourth-order valence-corrected chi connectivity index (χ4v) is 2.63. The number of carboxylic acids is 1. The highest BCUT2D eigenvalue weighted by atomic mass is 16.4. The van der Waals surface area contributed by atoms with Crippen LogP contribution in [0.3, 0.4) is 0 Å². The molecular weight excluding hydrogens is 284 g/mol. The van der Waals surface area contributed by atoms with Gasteiger partial charge in [-0.2, -0.15) is 0 Å². The van der Waals surface area contributed by atoms with E-state index in [1.807, 2.05) is 4.90 Å². The minimum atomic E-state index is -0.764. The molecule has 1 amide bonds. The Bertz CT molecular complexity index is 577. The van der Waals surface area contributed by atoms with Gasteiger partial charge in [0.05, 0.1) is 18.2 Å². The number of carboxylic acid groups (broad SMARTS) is 1. The zero-order valence-electron chi connectivity index (χ0n) is 12.5. The highest BCUT2D eigenvalue weighted by Crippen LogP contribution is 2.18. The third-order valence-corrected chi connectivity index (χ3v) is 3.88. The number of nitrogens with zero attached hydrogens (tertiary/aromatic N) is 1. The molecule has 0 radical (unpaired) electrons. The van der Waals surface area contributed by atoms with E-state index in [1.54, 1.807) is 24.3 Å². The van der Waals surface area contributed by atoms with Crippen LogP contribution in [0.15, 0.2) is 24.3 Å². The molecule has 2 N–H and O–H groups in total. The first-order chi connectivity index (χ1) is 10.5. The lowest BCUT2D eigenvalue weighted by Gasteiger charge is -2.29. The molecule has 1 heterocycles. The second-order valence-electron chi connectivity index (χ2n) is 5.54. The third kappa shape index (κ3) is 4.14. The Morgan fingerprint density at radius 2 is 1.86 bits per heavy atom. The van der Waals surface area contributed by atoms with E-state index in [2.05, 4.69) is 5.32 Å². The van der Waals surface area contributed by atoms with Gasteiger partial charge in [-0.3, -0.25) is 19.3 Å². The highest BCUT2D eigenvalue weighted by molar-refractivity contribution is 6.04. The van der Waals surface area contributed by atoms with Crippen LogP contribution in [-0.4, -0.2) is 47.3 Å². The number of anilines is 1. The first-order valence-corrected chi connectivity index (χ1v) is 7.32. The van der Waals surface area contributed by atoms with Gasteiger partial charge in [-0.1, -0.05) is 12.1 Å². The highest BCUT2D eigenvalue weighted by Gasteiger charge is 2.25. The van der Waals surface area contributed by atoms with E-state index in [0.29, 0.717) is 37.2 Å². The van der Waals surface area contributed by atoms with E-state index in [1.165, 1.54) is 6.92 Å². The van der Waals surface area contributed by atoms with Crippen molar-refractivity contribution in [3.8, 4) is 0 Å². The molecule has 6 nitrogen and oxygen atoms in total. The summed E-state index contributed by atoms with van der Waals surface area (Å²) in [6, 6.07) is 6.89. The van der Waals surface area contributed by atoms with E-state index in [-0.39, 0.29) is 24.2 Å². The number of aliphatic carboxylic acids is 1. The second kappa shape index (κ2) is 7.17. The molecule has 0 bridgehead atoms. The molecule has 1 aliphatic heterocycles. The topological polar surface area (TPSA) is 86.7 Å². The number of carbonyl (C=O) groups is 3. The lowest BCUT2D eigenvalue weighted by molar-refractivity contribution is -0.143. The predicted molar refractivity (Wildman–Crippen MR) is 81.9 cm³/mol. The number of nitrogens with one attached hydrogen (secondary N) is 1. The molecule has 22 heavy (non-hydrogen) atoms. The molecule has 1 fully saturated rings. The molecule has 0 spiro atoms. The normalized spacial score (nSPS) is 16.2. The number of para-hydroxylation sites is 1. The van der Waals surface area contributed by atoms with E-state index in [0.717, 1.165) is 0 Å². The van der Waals surface area contributed by atoms with Crippen molar-refractivity contribution in [3.63, 3.8) is 0 Å². The summed E-state index contributed by atoms with van der Waals surface area (Å²) in [5.74, 6) is -1.36. The number of hydrogen-bond donors (Lipinski definition) is 2. The van der Waals surface area contributed by atoms with Gasteiger partial charge in [0.2, 0.25) is 5.91 Å². The Balaban J connectivity index is 1.89. The monoisotopic (exact) mass is 304 g/mol. The number of amides is 1. The smallest absolute Gasteiger partial charge is 0.306 e. The van der Waals surface area contributed by atoms with Crippen LogP contribution < -0.4 is 5.32 Å². The van der Waals surface area contributed by atoms with Crippen molar-refractivity contribution in [2.75, 3.05) is 25.0 Å². The molecule has 0 saturated carbocycles. The van der Waals surface area contributed by atoms with Gasteiger partial charge in [-0.25, -0.2) is 0 Å². The number of rotatable bonds is 5. The Hall–Kier alpha value is -2.21. The van der Waals surface area contributed by atoms with E-state index in [4.69, 9.17) is 5.11 Å². The molecule has 1 aromatic rings. The summed E-state index contributed by atoms with van der Waals surface area (Å²) in [5, 5.41) is 11.7. The largest absolute Gasteiger partial charge is 0.481 e. The van der Waals surface area contributed by atoms with Crippen molar-refractivity contribution in [1.29, 1.82) is 0 Å². The van der Waals surface area contributed by atoms with E-state index < -0.39 is 5.97 Å². The van der Waals surface area contributed by atoms with Crippen LogP contribution in [0.2, 0.25) is 0 Å². The Labute approximate surface area is 129 Å². The average Bonchev–Trinajstić information content (AvgIpc) is 2.48. The lowest BCUT2D eigenvalue weighted by Crippen LogP contribution is -2.40. The number of ketones is 1. The van der Waals surface area contributed by atoms with Gasteiger partial charge in [-0.15, -0.1) is 0 Å². The Morgan fingerprint density at radius 3 is 2.45 bits per heavy atom. The van der Waals surface area contributed by atoms with Gasteiger partial charge in [0.1, 0.15) is 0 Å². The van der Waals surface area contributed by atoms with Crippen molar-refractivity contribution < 1.29 is 19.5 Å². The van der Waals surface area contributed by atoms with Crippen molar-refractivity contribution >= 4 is 23.3 Å². The SMILES string of the molecule is CC(=O)c1ccccc1NC(=O)CN1CCC(C(=O)O)CC1. The number of carbonyl (C=O) groups excluding carboxylic acids is 2. The van der Waals surface area contributed by atoms with Gasteiger partial charge in [0, 0.05) is 5.56 Å². The molecule has 0 unspecified atom stereocenters. The molecule has 1 aromatic carbocycles. The minimum Gasteiger partial charge on any atom is -0.481 e. The minimum absolute atomic E-state index is 0.0989. The van der Waals surface area contributed by atoms with E-state index >= 15 is 0 Å². The summed E-state index contributed by atoms with van der Waals surface area (Å²) in [7, 11) is 0. The number of Topliss-reactive ketones (excluding diaryl/α,β-unsaturated/α-hetero) is 1. The van der Waals surface area contributed by atoms with Crippen LogP contribution in [-0.2, 0) is 9.59 Å². The number of hydrogen-bond acceptors (Lipinski definition) is 4. The second-order valence-corrected chi connectivity index (χ2v) is 5.54. The molecule has 118 valence electrons. The van der Waals surface area contributed by atoms with Crippen LogP contribution >= 0.6 is 0 Å². The summed E-state index contributed by atoms with van der Waals surface area (Å²) in [6.07, 6.45) is 1.12. The zero-order valence-corrected chi connectivity index (χ0v) is 12.5. The van der Waals surface area contributed by atoms with Gasteiger partial charge in [0.25, 0.3) is 0 Å².